The summed E-state index contributed by atoms with van der Waals surface area (Å²) in [5, 5.41) is 0. The number of hydrogen-bond acceptors (Lipinski definition) is 1. The summed E-state index contributed by atoms with van der Waals surface area (Å²) >= 11 is 0. The molecule has 1 aromatic carbocycles. The smallest absolute Gasteiger partial charge is 0.0314 e. The predicted octanol–water partition coefficient (Wildman–Crippen LogP) is 1.21. The van der Waals surface area contributed by atoms with Gasteiger partial charge in [-0.25, -0.2) is 0 Å². The van der Waals surface area contributed by atoms with Gasteiger partial charge in [0.1, 0.15) is 0 Å². The Kier molecular flexibility index (Phi) is 1.42. The normalized spacial score (nSPS) is 8.33. The van der Waals surface area contributed by atoms with E-state index in [1.165, 1.54) is 0 Å². The summed E-state index contributed by atoms with van der Waals surface area (Å²) in [6.07, 6.45) is 6.72. The van der Waals surface area contributed by atoms with Crippen LogP contribution in [0.3, 0.4) is 0 Å². The van der Waals surface area contributed by atoms with Crippen molar-refractivity contribution in [2.75, 3.05) is 5.73 Å². The van der Waals surface area contributed by atoms with Crippen LogP contribution in [0.25, 0.3) is 0 Å². The molecule has 0 saturated carbocycles. The minimum Gasteiger partial charge on any atom is -0.399 e. The molecule has 0 spiro atoms. The fourth-order valence-electron chi connectivity index (χ4n) is 0.566. The Labute approximate surface area is 54.5 Å². The third-order valence-corrected chi connectivity index (χ3v) is 1.06. The van der Waals surface area contributed by atoms with Gasteiger partial charge in [0.15, 0.2) is 0 Å². The van der Waals surface area contributed by atoms with E-state index in [-0.39, 0.29) is 0 Å². The lowest BCUT2D eigenvalue weighted by molar-refractivity contribution is 1.63. The van der Waals surface area contributed by atoms with Crippen LogP contribution in [-0.4, -0.2) is 0 Å². The van der Waals surface area contributed by atoms with Crippen molar-refractivity contribution < 1.29 is 0 Å². The molecule has 2 N–H and O–H groups in total. The Morgan fingerprint density at radius 2 is 1.78 bits per heavy atom. The van der Waals surface area contributed by atoms with Gasteiger partial charge in [0.2, 0.25) is 0 Å². The third kappa shape index (κ3) is 1.23. The first-order valence-corrected chi connectivity index (χ1v) is 2.61. The fourth-order valence-corrected chi connectivity index (χ4v) is 0.566. The summed E-state index contributed by atoms with van der Waals surface area (Å²) < 4.78 is 0. The van der Waals surface area contributed by atoms with Gasteiger partial charge >= 0.3 is 0 Å². The molecule has 0 aromatic heterocycles. The van der Waals surface area contributed by atoms with E-state index in [0.29, 0.717) is 5.69 Å². The zero-order valence-corrected chi connectivity index (χ0v) is 4.89. The van der Waals surface area contributed by atoms with E-state index in [0.717, 1.165) is 5.56 Å². The fraction of sp³-hybridized carbons (Fsp3) is 0. The summed E-state index contributed by atoms with van der Waals surface area (Å²) in [6, 6.07) is 7.00. The molecule has 0 amide bonds. The highest BCUT2D eigenvalue weighted by molar-refractivity contribution is 5.43. The second-order valence-corrected chi connectivity index (χ2v) is 1.75. The maximum absolute atomic E-state index is 6.72. The van der Waals surface area contributed by atoms with Gasteiger partial charge in [-0.2, -0.15) is 0 Å². The topological polar surface area (TPSA) is 26.0 Å². The second-order valence-electron chi connectivity index (χ2n) is 1.75. The molecule has 0 atom stereocenters. The Bertz CT molecular complexity index is 228. The highest BCUT2D eigenvalue weighted by atomic mass is 14.5. The average Bonchev–Trinajstić information content (AvgIpc) is 1.90. The van der Waals surface area contributed by atoms with E-state index in [1.54, 1.807) is 24.3 Å². The molecular weight excluding hydrogens is 110 g/mol. The quantitative estimate of drug-likeness (QED) is 0.400. The van der Waals surface area contributed by atoms with E-state index >= 15 is 0 Å². The first-order chi connectivity index (χ1) is 4.33. The molecule has 0 aliphatic heterocycles. The molecule has 0 saturated heterocycles. The van der Waals surface area contributed by atoms with Crippen molar-refractivity contribution in [3.8, 4) is 5.92 Å². The molecule has 0 aliphatic rings. The summed E-state index contributed by atoms with van der Waals surface area (Å²) in [7, 11) is 0. The number of nitrogens with two attached hydrogens (primary N) is 1. The van der Waals surface area contributed by atoms with E-state index in [1.807, 2.05) is 0 Å². The maximum Gasteiger partial charge on any atom is 0.0314 e. The highest BCUT2D eigenvalue weighted by Gasteiger charge is 1.83. The Hall–Kier alpha value is -1.42. The van der Waals surface area contributed by atoms with Crippen molar-refractivity contribution in [2.45, 2.75) is 0 Å². The number of anilines is 1. The van der Waals surface area contributed by atoms with Gasteiger partial charge in [-0.15, -0.1) is 0 Å². The SMILES string of the molecule is [C]#Cc1ccc(N)cc1. The number of hydrogen-bond donors (Lipinski definition) is 1. The van der Waals surface area contributed by atoms with Gasteiger partial charge in [-0.3, -0.25) is 0 Å². The van der Waals surface area contributed by atoms with E-state index in [9.17, 15) is 0 Å². The van der Waals surface area contributed by atoms with E-state index < -0.39 is 0 Å². The van der Waals surface area contributed by atoms with Crippen LogP contribution >= 0.6 is 0 Å². The minimum absolute atomic E-state index is 0.717. The van der Waals surface area contributed by atoms with Crippen molar-refractivity contribution in [1.82, 2.24) is 0 Å². The van der Waals surface area contributed by atoms with Gasteiger partial charge in [0, 0.05) is 11.3 Å². The van der Waals surface area contributed by atoms with Crippen LogP contribution in [0.1, 0.15) is 5.56 Å². The summed E-state index contributed by atoms with van der Waals surface area (Å²) in [6.45, 7) is 0. The second kappa shape index (κ2) is 2.23. The van der Waals surface area contributed by atoms with E-state index in [4.69, 9.17) is 12.2 Å². The Morgan fingerprint density at radius 3 is 2.22 bits per heavy atom. The van der Waals surface area contributed by atoms with Gasteiger partial charge in [-0.05, 0) is 30.7 Å². The average molecular weight is 116 g/mol. The first-order valence-electron chi connectivity index (χ1n) is 2.61. The summed E-state index contributed by atoms with van der Waals surface area (Å²) in [5.41, 5.74) is 6.86. The molecule has 9 heavy (non-hydrogen) atoms. The predicted molar refractivity (Wildman–Crippen MR) is 37.1 cm³/mol. The molecule has 1 aromatic rings. The third-order valence-electron chi connectivity index (χ3n) is 1.06. The van der Waals surface area contributed by atoms with Crippen molar-refractivity contribution in [3.63, 3.8) is 0 Å². The Morgan fingerprint density at radius 1 is 1.22 bits per heavy atom. The molecule has 0 heterocycles. The van der Waals surface area contributed by atoms with Crippen LogP contribution in [0.5, 0.6) is 0 Å². The van der Waals surface area contributed by atoms with E-state index in [2.05, 4.69) is 5.92 Å². The largest absolute Gasteiger partial charge is 0.399 e. The molecule has 1 rings (SSSR count). The van der Waals surface area contributed by atoms with Gasteiger partial charge in [-0.1, -0.05) is 5.92 Å². The maximum atomic E-state index is 6.72. The van der Waals surface area contributed by atoms with Crippen molar-refractivity contribution >= 4 is 5.69 Å². The van der Waals surface area contributed by atoms with Gasteiger partial charge in [0.05, 0.1) is 0 Å². The van der Waals surface area contributed by atoms with Crippen molar-refractivity contribution in [3.05, 3.63) is 36.3 Å². The Balaban J connectivity index is 3.06. The standard InChI is InChI=1S/C8H6N/c1-2-7-3-5-8(9)6-4-7/h3-6H,9H2. The van der Waals surface area contributed by atoms with Crippen LogP contribution in [0.15, 0.2) is 24.3 Å². The number of rotatable bonds is 0. The molecule has 0 bridgehead atoms. The van der Waals surface area contributed by atoms with Crippen LogP contribution in [-0.2, 0) is 0 Å². The zero-order valence-electron chi connectivity index (χ0n) is 4.89. The van der Waals surface area contributed by atoms with Crippen LogP contribution < -0.4 is 5.73 Å². The lowest BCUT2D eigenvalue weighted by Crippen LogP contribution is -1.82. The summed E-state index contributed by atoms with van der Waals surface area (Å²) in [4.78, 5) is 0. The molecule has 1 radical (unpaired) electrons. The zero-order chi connectivity index (χ0) is 6.69. The monoisotopic (exact) mass is 116 g/mol. The highest BCUT2D eigenvalue weighted by Crippen LogP contribution is 2.02. The molecule has 1 nitrogen and oxygen atoms in total. The molecule has 0 fully saturated rings. The molecule has 0 aliphatic carbocycles. The van der Waals surface area contributed by atoms with Crippen molar-refractivity contribution in [1.29, 1.82) is 0 Å². The minimum atomic E-state index is 0.717. The van der Waals surface area contributed by atoms with Crippen LogP contribution in [0.4, 0.5) is 5.69 Å². The van der Waals surface area contributed by atoms with Gasteiger partial charge in [0.25, 0.3) is 0 Å². The van der Waals surface area contributed by atoms with Gasteiger partial charge < -0.3 is 5.73 Å². The number of benzene rings is 1. The lowest BCUT2D eigenvalue weighted by atomic mass is 10.2. The number of nitrogen functional groups attached to an aromatic ring is 1. The van der Waals surface area contributed by atoms with Crippen LogP contribution in [0, 0.1) is 12.3 Å². The molecule has 43 valence electrons. The molecular formula is C8H6N. The first kappa shape index (κ1) is 5.71. The molecule has 1 heteroatoms. The summed E-state index contributed by atoms with van der Waals surface area (Å²) in [5.74, 6) is 2.25. The molecule has 0 unspecified atom stereocenters. The van der Waals surface area contributed by atoms with Crippen molar-refractivity contribution in [2.24, 2.45) is 0 Å². The van der Waals surface area contributed by atoms with Crippen LogP contribution in [0.2, 0.25) is 0 Å². The lowest BCUT2D eigenvalue weighted by Gasteiger charge is -1.89.